The van der Waals surface area contributed by atoms with Gasteiger partial charge in [-0.3, -0.25) is 0 Å². The Morgan fingerprint density at radius 3 is 2.48 bits per heavy atom. The Bertz CT molecular complexity index is 586. The molecule has 0 unspecified atom stereocenters. The molecule has 0 amide bonds. The summed E-state index contributed by atoms with van der Waals surface area (Å²) in [5.41, 5.74) is 7.41. The lowest BCUT2D eigenvalue weighted by atomic mass is 9.76. The van der Waals surface area contributed by atoms with Gasteiger partial charge in [-0.1, -0.05) is 26.0 Å². The van der Waals surface area contributed by atoms with Crippen LogP contribution in [0.3, 0.4) is 0 Å². The van der Waals surface area contributed by atoms with Gasteiger partial charge < -0.3 is 5.73 Å². The molecule has 118 valence electrons. The van der Waals surface area contributed by atoms with Gasteiger partial charge in [0.1, 0.15) is 0 Å². The van der Waals surface area contributed by atoms with Crippen molar-refractivity contribution in [2.45, 2.75) is 51.3 Å². The van der Waals surface area contributed by atoms with Crippen LogP contribution < -0.4 is 5.73 Å². The molecule has 1 aliphatic carbocycles. The van der Waals surface area contributed by atoms with Gasteiger partial charge in [0.05, 0.1) is 5.75 Å². The second-order valence-electron chi connectivity index (χ2n) is 6.91. The Balaban J connectivity index is 2.05. The molecule has 0 saturated heterocycles. The standard InChI is InChI=1S/C16H26N2O2S/c1-16(2)9-7-15(8-10-16)18(3)21(19,20)12-13-5-4-6-14(17)11-13/h4-6,11,15H,7-10,12,17H2,1-3H3. The lowest BCUT2D eigenvalue weighted by molar-refractivity contribution is 0.174. The van der Waals surface area contributed by atoms with Crippen LogP contribution in [0, 0.1) is 5.41 Å². The summed E-state index contributed by atoms with van der Waals surface area (Å²) < 4.78 is 26.7. The molecular formula is C16H26N2O2S. The second-order valence-corrected chi connectivity index (χ2v) is 8.94. The van der Waals surface area contributed by atoms with Crippen LogP contribution in [-0.4, -0.2) is 25.8 Å². The highest BCUT2D eigenvalue weighted by atomic mass is 32.2. The van der Waals surface area contributed by atoms with Crippen molar-refractivity contribution >= 4 is 15.7 Å². The Kier molecular flexibility index (Phi) is 4.63. The zero-order valence-corrected chi connectivity index (χ0v) is 14.0. The van der Waals surface area contributed by atoms with E-state index in [4.69, 9.17) is 5.73 Å². The molecule has 5 heteroatoms. The van der Waals surface area contributed by atoms with Gasteiger partial charge in [0.15, 0.2) is 0 Å². The number of nitrogens with zero attached hydrogens (tertiary/aromatic N) is 1. The summed E-state index contributed by atoms with van der Waals surface area (Å²) in [7, 11) is -1.58. The Morgan fingerprint density at radius 2 is 1.90 bits per heavy atom. The van der Waals surface area contributed by atoms with Gasteiger partial charge >= 0.3 is 0 Å². The Morgan fingerprint density at radius 1 is 1.29 bits per heavy atom. The number of nitrogen functional groups attached to an aromatic ring is 1. The van der Waals surface area contributed by atoms with E-state index in [0.29, 0.717) is 11.1 Å². The molecule has 2 rings (SSSR count). The van der Waals surface area contributed by atoms with Gasteiger partial charge in [-0.15, -0.1) is 0 Å². The van der Waals surface area contributed by atoms with E-state index in [9.17, 15) is 8.42 Å². The third-order valence-electron chi connectivity index (χ3n) is 4.56. The summed E-state index contributed by atoms with van der Waals surface area (Å²) in [6.45, 7) is 4.51. The van der Waals surface area contributed by atoms with Crippen molar-refractivity contribution in [2.24, 2.45) is 5.41 Å². The number of rotatable bonds is 4. The van der Waals surface area contributed by atoms with Crippen LogP contribution >= 0.6 is 0 Å². The molecule has 1 aromatic carbocycles. The average Bonchev–Trinajstić information content (AvgIpc) is 2.37. The number of sulfonamides is 1. The molecule has 1 aliphatic rings. The lowest BCUT2D eigenvalue weighted by Gasteiger charge is -2.38. The lowest BCUT2D eigenvalue weighted by Crippen LogP contribution is -2.41. The van der Waals surface area contributed by atoms with Crippen molar-refractivity contribution in [1.29, 1.82) is 0 Å². The highest BCUT2D eigenvalue weighted by Gasteiger charge is 2.33. The molecule has 1 saturated carbocycles. The maximum absolute atomic E-state index is 12.6. The van der Waals surface area contributed by atoms with E-state index in [1.807, 2.05) is 6.07 Å². The zero-order chi connectivity index (χ0) is 15.7. The number of hydrogen-bond acceptors (Lipinski definition) is 3. The fourth-order valence-electron chi connectivity index (χ4n) is 2.97. The minimum Gasteiger partial charge on any atom is -0.399 e. The summed E-state index contributed by atoms with van der Waals surface area (Å²) in [5, 5.41) is 0. The monoisotopic (exact) mass is 310 g/mol. The van der Waals surface area contributed by atoms with E-state index in [1.54, 1.807) is 29.6 Å². The first-order valence-electron chi connectivity index (χ1n) is 7.50. The van der Waals surface area contributed by atoms with Crippen LogP contribution in [-0.2, 0) is 15.8 Å². The average molecular weight is 310 g/mol. The molecule has 4 nitrogen and oxygen atoms in total. The SMILES string of the molecule is CN(C1CCC(C)(C)CC1)S(=O)(=O)Cc1cccc(N)c1. The number of anilines is 1. The first kappa shape index (κ1) is 16.3. The van der Waals surface area contributed by atoms with Gasteiger partial charge in [0.2, 0.25) is 10.0 Å². The topological polar surface area (TPSA) is 63.4 Å². The fraction of sp³-hybridized carbons (Fsp3) is 0.625. The van der Waals surface area contributed by atoms with Gasteiger partial charge in [-0.25, -0.2) is 12.7 Å². The third kappa shape index (κ3) is 4.20. The van der Waals surface area contributed by atoms with E-state index in [2.05, 4.69) is 13.8 Å². The van der Waals surface area contributed by atoms with Crippen molar-refractivity contribution in [3.8, 4) is 0 Å². The van der Waals surface area contributed by atoms with E-state index >= 15 is 0 Å². The van der Waals surface area contributed by atoms with Crippen LogP contribution in [0.5, 0.6) is 0 Å². The molecule has 21 heavy (non-hydrogen) atoms. The highest BCUT2D eigenvalue weighted by molar-refractivity contribution is 7.88. The predicted octanol–water partition coefficient (Wildman–Crippen LogP) is 3.00. The summed E-state index contributed by atoms with van der Waals surface area (Å²) in [5.74, 6) is 0.0223. The van der Waals surface area contributed by atoms with Gasteiger partial charge in [0.25, 0.3) is 0 Å². The molecule has 1 aromatic rings. The first-order chi connectivity index (χ1) is 9.70. The van der Waals surface area contributed by atoms with Crippen molar-refractivity contribution in [3.63, 3.8) is 0 Å². The largest absolute Gasteiger partial charge is 0.399 e. The summed E-state index contributed by atoms with van der Waals surface area (Å²) in [4.78, 5) is 0. The van der Waals surface area contributed by atoms with Gasteiger partial charge in [-0.2, -0.15) is 0 Å². The molecule has 0 radical (unpaired) electrons. The smallest absolute Gasteiger partial charge is 0.218 e. The minimum absolute atomic E-state index is 0.0223. The Hall–Kier alpha value is -1.07. The van der Waals surface area contributed by atoms with Crippen molar-refractivity contribution in [2.75, 3.05) is 12.8 Å². The van der Waals surface area contributed by atoms with Crippen molar-refractivity contribution in [1.82, 2.24) is 4.31 Å². The molecule has 0 aliphatic heterocycles. The summed E-state index contributed by atoms with van der Waals surface area (Å²) in [6.07, 6.45) is 4.05. The molecule has 0 atom stereocenters. The predicted molar refractivity (Wildman–Crippen MR) is 87.3 cm³/mol. The molecule has 0 heterocycles. The van der Waals surface area contributed by atoms with E-state index < -0.39 is 10.0 Å². The fourth-order valence-corrected chi connectivity index (χ4v) is 4.44. The van der Waals surface area contributed by atoms with Crippen LogP contribution in [0.15, 0.2) is 24.3 Å². The number of benzene rings is 1. The molecule has 0 spiro atoms. The van der Waals surface area contributed by atoms with Crippen LogP contribution in [0.2, 0.25) is 0 Å². The highest BCUT2D eigenvalue weighted by Crippen LogP contribution is 2.37. The molecule has 1 fully saturated rings. The molecule has 0 bridgehead atoms. The van der Waals surface area contributed by atoms with Crippen LogP contribution in [0.25, 0.3) is 0 Å². The van der Waals surface area contributed by atoms with Crippen molar-refractivity contribution in [3.05, 3.63) is 29.8 Å². The third-order valence-corrected chi connectivity index (χ3v) is 6.44. The number of hydrogen-bond donors (Lipinski definition) is 1. The minimum atomic E-state index is -3.29. The first-order valence-corrected chi connectivity index (χ1v) is 9.11. The van der Waals surface area contributed by atoms with Gasteiger partial charge in [-0.05, 0) is 48.8 Å². The van der Waals surface area contributed by atoms with E-state index in [0.717, 1.165) is 31.2 Å². The Labute approximate surface area is 128 Å². The summed E-state index contributed by atoms with van der Waals surface area (Å²) >= 11 is 0. The quantitative estimate of drug-likeness (QED) is 0.870. The second kappa shape index (κ2) is 5.97. The van der Waals surface area contributed by atoms with E-state index in [-0.39, 0.29) is 11.8 Å². The van der Waals surface area contributed by atoms with E-state index in [1.165, 1.54) is 0 Å². The summed E-state index contributed by atoms with van der Waals surface area (Å²) in [6, 6.07) is 7.23. The van der Waals surface area contributed by atoms with Crippen molar-refractivity contribution < 1.29 is 8.42 Å². The normalized spacial score (nSPS) is 19.8. The van der Waals surface area contributed by atoms with Gasteiger partial charge in [0, 0.05) is 18.8 Å². The molecular weight excluding hydrogens is 284 g/mol. The number of nitrogens with two attached hydrogens (primary N) is 1. The molecule has 0 aromatic heterocycles. The zero-order valence-electron chi connectivity index (χ0n) is 13.2. The van der Waals surface area contributed by atoms with Crippen LogP contribution in [0.4, 0.5) is 5.69 Å². The maximum Gasteiger partial charge on any atom is 0.218 e. The maximum atomic E-state index is 12.6. The molecule has 2 N–H and O–H groups in total. The van der Waals surface area contributed by atoms with Crippen LogP contribution in [0.1, 0.15) is 45.1 Å².